The zero-order valence-corrected chi connectivity index (χ0v) is 25.0. The molecule has 0 heterocycles. The van der Waals surface area contributed by atoms with Gasteiger partial charge in [-0.25, -0.2) is 0 Å². The van der Waals surface area contributed by atoms with E-state index in [4.69, 9.17) is 0 Å². The summed E-state index contributed by atoms with van der Waals surface area (Å²) < 4.78 is 0. The molecule has 0 saturated heterocycles. The molecule has 0 spiro atoms. The van der Waals surface area contributed by atoms with Crippen molar-refractivity contribution in [3.8, 4) is 33.4 Å². The van der Waals surface area contributed by atoms with Crippen LogP contribution in [0.5, 0.6) is 0 Å². The molecule has 7 aromatic rings. The second-order valence-electron chi connectivity index (χ2n) is 12.2. The predicted octanol–water partition coefficient (Wildman–Crippen LogP) is 11.9. The third-order valence-corrected chi connectivity index (χ3v) is 9.27. The Balaban J connectivity index is 1.36. The number of anilines is 3. The highest BCUT2D eigenvalue weighted by atomic mass is 15.1. The molecule has 7 aromatic carbocycles. The summed E-state index contributed by atoms with van der Waals surface area (Å²) in [5, 5.41) is 2.47. The van der Waals surface area contributed by atoms with E-state index in [1.54, 1.807) is 0 Å². The van der Waals surface area contributed by atoms with E-state index >= 15 is 0 Å². The summed E-state index contributed by atoms with van der Waals surface area (Å²) in [6.07, 6.45) is 0. The molecule has 1 heteroatoms. The zero-order chi connectivity index (χ0) is 29.7. The second kappa shape index (κ2) is 10.4. The summed E-state index contributed by atoms with van der Waals surface area (Å²) in [6, 6.07) is 59.6. The smallest absolute Gasteiger partial charge is 0.0546 e. The molecule has 1 aliphatic rings. The summed E-state index contributed by atoms with van der Waals surface area (Å²) in [5.74, 6) is 0. The van der Waals surface area contributed by atoms with Gasteiger partial charge in [-0.2, -0.15) is 0 Å². The predicted molar refractivity (Wildman–Crippen MR) is 187 cm³/mol. The van der Waals surface area contributed by atoms with E-state index in [0.29, 0.717) is 0 Å². The van der Waals surface area contributed by atoms with E-state index in [9.17, 15) is 0 Å². The first-order chi connectivity index (χ1) is 21.6. The maximum Gasteiger partial charge on any atom is 0.0546 e. The molecule has 0 unspecified atom stereocenters. The number of nitrogens with zero attached hydrogens (tertiary/aromatic N) is 1. The van der Waals surface area contributed by atoms with Gasteiger partial charge in [-0.05, 0) is 80.2 Å². The summed E-state index contributed by atoms with van der Waals surface area (Å²) in [5.41, 5.74) is 13.7. The third kappa shape index (κ3) is 4.24. The number of rotatable bonds is 5. The van der Waals surface area contributed by atoms with Crippen LogP contribution in [0.4, 0.5) is 17.1 Å². The van der Waals surface area contributed by atoms with Crippen molar-refractivity contribution in [1.29, 1.82) is 0 Å². The molecule has 0 fully saturated rings. The minimum absolute atomic E-state index is 0.0846. The summed E-state index contributed by atoms with van der Waals surface area (Å²) in [6.45, 7) is 4.71. The molecule has 0 atom stereocenters. The van der Waals surface area contributed by atoms with Crippen LogP contribution in [0.25, 0.3) is 44.2 Å². The third-order valence-electron chi connectivity index (χ3n) is 9.27. The average molecular weight is 564 g/mol. The molecule has 210 valence electrons. The second-order valence-corrected chi connectivity index (χ2v) is 12.2. The van der Waals surface area contributed by atoms with Crippen LogP contribution in [0.2, 0.25) is 0 Å². The number of fused-ring (bicyclic) bond motifs is 4. The van der Waals surface area contributed by atoms with Crippen molar-refractivity contribution in [1.82, 2.24) is 0 Å². The molecule has 8 rings (SSSR count). The van der Waals surface area contributed by atoms with Gasteiger partial charge in [0, 0.05) is 22.2 Å². The van der Waals surface area contributed by atoms with Crippen molar-refractivity contribution < 1.29 is 0 Å². The highest BCUT2D eigenvalue weighted by molar-refractivity contribution is 6.08. The SMILES string of the molecule is CC1(C)c2ccccc2-c2ccc(N(c3ccc(-c4ccccc4)cc3)c3cccc4cccc(-c5ccccc5)c34)cc21. The van der Waals surface area contributed by atoms with Gasteiger partial charge in [-0.3, -0.25) is 0 Å². The van der Waals surface area contributed by atoms with Crippen molar-refractivity contribution in [2.24, 2.45) is 0 Å². The van der Waals surface area contributed by atoms with Crippen LogP contribution in [-0.4, -0.2) is 0 Å². The zero-order valence-electron chi connectivity index (χ0n) is 25.0. The van der Waals surface area contributed by atoms with Crippen LogP contribution in [0.15, 0.2) is 164 Å². The van der Waals surface area contributed by atoms with Crippen LogP contribution >= 0.6 is 0 Å². The molecular formula is C43H33N. The van der Waals surface area contributed by atoms with Gasteiger partial charge in [0.15, 0.2) is 0 Å². The van der Waals surface area contributed by atoms with Crippen LogP contribution in [0.1, 0.15) is 25.0 Å². The van der Waals surface area contributed by atoms with Crippen molar-refractivity contribution >= 4 is 27.8 Å². The van der Waals surface area contributed by atoms with E-state index in [1.807, 2.05) is 0 Å². The topological polar surface area (TPSA) is 3.24 Å². The quantitative estimate of drug-likeness (QED) is 0.201. The van der Waals surface area contributed by atoms with Gasteiger partial charge in [0.2, 0.25) is 0 Å². The Morgan fingerprint density at radius 2 is 0.977 bits per heavy atom. The molecule has 0 amide bonds. The van der Waals surface area contributed by atoms with Crippen LogP contribution in [0.3, 0.4) is 0 Å². The molecule has 0 aromatic heterocycles. The average Bonchev–Trinajstić information content (AvgIpc) is 3.31. The lowest BCUT2D eigenvalue weighted by molar-refractivity contribution is 0.660. The van der Waals surface area contributed by atoms with E-state index in [1.165, 1.54) is 61.0 Å². The minimum atomic E-state index is -0.0846. The Hall–Kier alpha value is -5.40. The molecule has 1 nitrogen and oxygen atoms in total. The fraction of sp³-hybridized carbons (Fsp3) is 0.0698. The lowest BCUT2D eigenvalue weighted by atomic mass is 9.82. The molecule has 1 aliphatic carbocycles. The van der Waals surface area contributed by atoms with Gasteiger partial charge in [0.1, 0.15) is 0 Å². The van der Waals surface area contributed by atoms with Crippen molar-refractivity contribution in [2.45, 2.75) is 19.3 Å². The number of benzene rings is 7. The van der Waals surface area contributed by atoms with Crippen molar-refractivity contribution in [2.75, 3.05) is 4.90 Å². The van der Waals surface area contributed by atoms with Gasteiger partial charge in [0.25, 0.3) is 0 Å². The van der Waals surface area contributed by atoms with Gasteiger partial charge < -0.3 is 4.90 Å². The highest BCUT2D eigenvalue weighted by Gasteiger charge is 2.35. The van der Waals surface area contributed by atoms with Crippen LogP contribution < -0.4 is 4.90 Å². The number of hydrogen-bond donors (Lipinski definition) is 0. The summed E-state index contributed by atoms with van der Waals surface area (Å²) >= 11 is 0. The normalized spacial score (nSPS) is 13.0. The molecule has 0 radical (unpaired) electrons. The Kier molecular flexibility index (Phi) is 6.20. The van der Waals surface area contributed by atoms with Gasteiger partial charge in [-0.15, -0.1) is 0 Å². The Morgan fingerprint density at radius 3 is 1.73 bits per heavy atom. The minimum Gasteiger partial charge on any atom is -0.310 e. The van der Waals surface area contributed by atoms with Crippen LogP contribution in [-0.2, 0) is 5.41 Å². The Morgan fingerprint density at radius 1 is 0.409 bits per heavy atom. The van der Waals surface area contributed by atoms with E-state index in [2.05, 4.69) is 183 Å². The molecule has 0 aliphatic heterocycles. The summed E-state index contributed by atoms with van der Waals surface area (Å²) in [4.78, 5) is 2.45. The van der Waals surface area contributed by atoms with E-state index in [0.717, 1.165) is 11.4 Å². The standard InChI is InChI=1S/C43H33N/c1-43(2)39-21-10-9-19-37(39)38-28-27-35(29-40(38)43)44(34-25-23-31(24-26-34)30-13-5-3-6-14-30)41-22-12-18-33-17-11-20-36(42(33)41)32-15-7-4-8-16-32/h3-29H,1-2H3. The van der Waals surface area contributed by atoms with Crippen LogP contribution in [0, 0.1) is 0 Å². The monoisotopic (exact) mass is 563 g/mol. The Labute approximate surface area is 259 Å². The first-order valence-electron chi connectivity index (χ1n) is 15.4. The first-order valence-corrected chi connectivity index (χ1v) is 15.4. The Bertz CT molecular complexity index is 2120. The molecule has 0 N–H and O–H groups in total. The van der Waals surface area contributed by atoms with Crippen molar-refractivity contribution in [3.05, 3.63) is 175 Å². The molecule has 44 heavy (non-hydrogen) atoms. The van der Waals surface area contributed by atoms with Gasteiger partial charge in [-0.1, -0.05) is 147 Å². The molecular weight excluding hydrogens is 530 g/mol. The fourth-order valence-corrected chi connectivity index (χ4v) is 7.06. The highest BCUT2D eigenvalue weighted by Crippen LogP contribution is 2.51. The van der Waals surface area contributed by atoms with Crippen molar-refractivity contribution in [3.63, 3.8) is 0 Å². The lowest BCUT2D eigenvalue weighted by Crippen LogP contribution is -2.16. The van der Waals surface area contributed by atoms with Gasteiger partial charge >= 0.3 is 0 Å². The van der Waals surface area contributed by atoms with E-state index < -0.39 is 0 Å². The first kappa shape index (κ1) is 26.2. The largest absolute Gasteiger partial charge is 0.310 e. The summed E-state index contributed by atoms with van der Waals surface area (Å²) in [7, 11) is 0. The fourth-order valence-electron chi connectivity index (χ4n) is 7.06. The maximum atomic E-state index is 2.45. The lowest BCUT2D eigenvalue weighted by Gasteiger charge is -2.30. The molecule has 0 bridgehead atoms. The molecule has 0 saturated carbocycles. The number of hydrogen-bond acceptors (Lipinski definition) is 1. The van der Waals surface area contributed by atoms with Gasteiger partial charge in [0.05, 0.1) is 5.69 Å². The maximum absolute atomic E-state index is 2.45. The van der Waals surface area contributed by atoms with E-state index in [-0.39, 0.29) is 5.41 Å².